The Balaban J connectivity index is 6.40. The second kappa shape index (κ2) is 15.3. The highest BCUT2D eigenvalue weighted by molar-refractivity contribution is 7.74. The van der Waals surface area contributed by atoms with Crippen LogP contribution >= 0.6 is 15.2 Å². The molecule has 0 unspecified atom stereocenters. The van der Waals surface area contributed by atoms with Crippen LogP contribution in [0.3, 0.4) is 0 Å². The normalized spacial score (nSPS) is 13.8. The first kappa shape index (κ1) is 32.3. The summed E-state index contributed by atoms with van der Waals surface area (Å²) in [6.07, 6.45) is 12.1. The van der Waals surface area contributed by atoms with E-state index in [0.717, 1.165) is 36.8 Å². The smallest absolute Gasteiger partial charge is 0.311 e. The van der Waals surface area contributed by atoms with Gasteiger partial charge < -0.3 is 18.1 Å². The van der Waals surface area contributed by atoms with E-state index in [1.54, 1.807) is 0 Å². The van der Waals surface area contributed by atoms with Gasteiger partial charge in [0.2, 0.25) is 0 Å². The van der Waals surface area contributed by atoms with Crippen molar-refractivity contribution in [1.29, 1.82) is 0 Å². The average molecular weight is 505 g/mol. The highest BCUT2D eigenvalue weighted by Gasteiger charge is 2.63. The van der Waals surface area contributed by atoms with Crippen LogP contribution in [0.4, 0.5) is 0 Å². The summed E-state index contributed by atoms with van der Waals surface area (Å²) in [7, 11) is -2.55. The standard InChI is InChI=1S/C25H46O6P2/c1-21(2)13-11-15-23(5)17-19-25(32(26,28-7)29-8,33(27,30-9)31-10)20-18-24(6)16-12-14-22(3)4/h13-14,17-18H,11-12,15-16,19-20H2,1-10H3/b23-17+,24-18+. The van der Waals surface area contributed by atoms with Crippen LogP contribution in [0.15, 0.2) is 46.6 Å². The van der Waals surface area contributed by atoms with Gasteiger partial charge in [-0.3, -0.25) is 9.13 Å². The molecule has 0 spiro atoms. The summed E-state index contributed by atoms with van der Waals surface area (Å²) in [5.74, 6) is 0. The van der Waals surface area contributed by atoms with E-state index in [0.29, 0.717) is 0 Å². The molecule has 6 nitrogen and oxygen atoms in total. The van der Waals surface area contributed by atoms with Gasteiger partial charge in [-0.05, 0) is 80.1 Å². The Kier molecular flexibility index (Phi) is 15.0. The average Bonchev–Trinajstić information content (AvgIpc) is 2.77. The van der Waals surface area contributed by atoms with Crippen molar-refractivity contribution in [3.63, 3.8) is 0 Å². The van der Waals surface area contributed by atoms with E-state index < -0.39 is 20.1 Å². The number of allylic oxidation sites excluding steroid dienone is 8. The van der Waals surface area contributed by atoms with Crippen molar-refractivity contribution in [2.24, 2.45) is 0 Å². The molecule has 0 rings (SSSR count). The van der Waals surface area contributed by atoms with Gasteiger partial charge in [-0.1, -0.05) is 46.6 Å². The highest BCUT2D eigenvalue weighted by Crippen LogP contribution is 2.79. The Morgan fingerprint density at radius 1 is 0.606 bits per heavy atom. The molecule has 0 amide bonds. The SMILES string of the molecule is COP(=O)(OC)C(C/C=C(\C)CCC=C(C)C)(C/C=C(\C)CCC=C(C)C)P(=O)(OC)OC. The molecule has 0 bridgehead atoms. The van der Waals surface area contributed by atoms with E-state index >= 15 is 0 Å². The molecule has 0 aromatic heterocycles. The van der Waals surface area contributed by atoms with Crippen molar-refractivity contribution in [2.75, 3.05) is 28.4 Å². The molecule has 0 heterocycles. The van der Waals surface area contributed by atoms with E-state index in [4.69, 9.17) is 18.1 Å². The van der Waals surface area contributed by atoms with Crippen LogP contribution < -0.4 is 0 Å². The highest BCUT2D eigenvalue weighted by atomic mass is 31.2. The summed E-state index contributed by atoms with van der Waals surface area (Å²) in [4.78, 5) is -1.51. The van der Waals surface area contributed by atoms with Gasteiger partial charge in [0.05, 0.1) is 0 Å². The van der Waals surface area contributed by atoms with Crippen LogP contribution in [0.2, 0.25) is 0 Å². The van der Waals surface area contributed by atoms with Crippen LogP contribution in [0.1, 0.15) is 80.1 Å². The largest absolute Gasteiger partial charge is 0.348 e. The molecule has 8 heteroatoms. The summed E-state index contributed by atoms with van der Waals surface area (Å²) in [5.41, 5.74) is 4.71. The minimum atomic E-state index is -3.90. The zero-order chi connectivity index (χ0) is 25.7. The summed E-state index contributed by atoms with van der Waals surface area (Å²) in [5, 5.41) is 0. The van der Waals surface area contributed by atoms with E-state index in [-0.39, 0.29) is 12.8 Å². The predicted octanol–water partition coefficient (Wildman–Crippen LogP) is 8.82. The van der Waals surface area contributed by atoms with E-state index in [2.05, 4.69) is 39.8 Å². The van der Waals surface area contributed by atoms with E-state index in [1.807, 2.05) is 26.0 Å². The molecule has 0 saturated carbocycles. The predicted molar refractivity (Wildman–Crippen MR) is 140 cm³/mol. The van der Waals surface area contributed by atoms with Crippen molar-refractivity contribution in [2.45, 2.75) is 85.0 Å². The van der Waals surface area contributed by atoms with Crippen LogP contribution in [0.25, 0.3) is 0 Å². The Morgan fingerprint density at radius 3 is 1.15 bits per heavy atom. The maximum atomic E-state index is 13.9. The Hall–Kier alpha value is -0.740. The summed E-state index contributed by atoms with van der Waals surface area (Å²) in [6, 6.07) is 0. The molecule has 0 saturated heterocycles. The van der Waals surface area contributed by atoms with Crippen molar-refractivity contribution in [3.05, 3.63) is 46.6 Å². The number of hydrogen-bond donors (Lipinski definition) is 0. The fraction of sp³-hybridized carbons (Fsp3) is 0.680. The second-order valence-electron chi connectivity index (χ2n) is 8.86. The molecule has 0 aromatic rings. The van der Waals surface area contributed by atoms with Gasteiger partial charge in [-0.2, -0.15) is 0 Å². The molecule has 0 atom stereocenters. The zero-order valence-corrected chi connectivity index (χ0v) is 24.2. The lowest BCUT2D eigenvalue weighted by molar-refractivity contribution is 0.224. The van der Waals surface area contributed by atoms with Crippen LogP contribution in [-0.2, 0) is 27.2 Å². The summed E-state index contributed by atoms with van der Waals surface area (Å²) in [6.45, 7) is 12.3. The molecule has 0 radical (unpaired) electrons. The minimum Gasteiger partial charge on any atom is -0.311 e. The fourth-order valence-electron chi connectivity index (χ4n) is 3.57. The van der Waals surface area contributed by atoms with Crippen LogP contribution in [0.5, 0.6) is 0 Å². The molecule has 33 heavy (non-hydrogen) atoms. The maximum absolute atomic E-state index is 13.9. The van der Waals surface area contributed by atoms with Gasteiger partial charge in [-0.15, -0.1) is 0 Å². The first-order valence-corrected chi connectivity index (χ1v) is 14.5. The Morgan fingerprint density at radius 2 is 0.909 bits per heavy atom. The topological polar surface area (TPSA) is 71.1 Å². The number of rotatable bonds is 16. The zero-order valence-electron chi connectivity index (χ0n) is 22.4. The molecular formula is C25H46O6P2. The van der Waals surface area contributed by atoms with Crippen molar-refractivity contribution in [3.8, 4) is 0 Å². The van der Waals surface area contributed by atoms with Crippen LogP contribution in [0, 0.1) is 0 Å². The first-order valence-electron chi connectivity index (χ1n) is 11.4. The van der Waals surface area contributed by atoms with Crippen molar-refractivity contribution >= 4 is 15.2 Å². The molecule has 0 fully saturated rings. The first-order chi connectivity index (χ1) is 15.4. The third-order valence-corrected chi connectivity index (χ3v) is 11.9. The molecule has 0 aliphatic heterocycles. The lowest BCUT2D eigenvalue weighted by Crippen LogP contribution is -2.31. The lowest BCUT2D eigenvalue weighted by atomic mass is 10.1. The van der Waals surface area contributed by atoms with Crippen LogP contribution in [-0.4, -0.2) is 33.3 Å². The van der Waals surface area contributed by atoms with Gasteiger partial charge in [0.1, 0.15) is 0 Å². The van der Waals surface area contributed by atoms with E-state index in [9.17, 15) is 9.13 Å². The van der Waals surface area contributed by atoms with Gasteiger partial charge in [-0.25, -0.2) is 0 Å². The van der Waals surface area contributed by atoms with E-state index in [1.165, 1.54) is 39.6 Å². The van der Waals surface area contributed by atoms with Crippen molar-refractivity contribution in [1.82, 2.24) is 0 Å². The van der Waals surface area contributed by atoms with Gasteiger partial charge in [0, 0.05) is 28.4 Å². The molecule has 0 N–H and O–H groups in total. The Labute approximate surface area is 202 Å². The summed E-state index contributed by atoms with van der Waals surface area (Å²) >= 11 is 0. The monoisotopic (exact) mass is 504 g/mol. The molecular weight excluding hydrogens is 458 g/mol. The number of hydrogen-bond acceptors (Lipinski definition) is 6. The fourth-order valence-corrected chi connectivity index (χ4v) is 8.66. The molecule has 0 aliphatic rings. The second-order valence-corrected chi connectivity index (χ2v) is 14.4. The molecule has 0 aromatic carbocycles. The third kappa shape index (κ3) is 9.43. The van der Waals surface area contributed by atoms with Gasteiger partial charge in [0.25, 0.3) is 0 Å². The molecule has 192 valence electrons. The minimum absolute atomic E-state index is 0.170. The van der Waals surface area contributed by atoms with Gasteiger partial charge >= 0.3 is 15.2 Å². The Bertz CT molecular complexity index is 731. The van der Waals surface area contributed by atoms with Crippen molar-refractivity contribution < 1.29 is 27.2 Å². The quantitative estimate of drug-likeness (QED) is 0.154. The maximum Gasteiger partial charge on any atom is 0.348 e. The van der Waals surface area contributed by atoms with Gasteiger partial charge in [0.15, 0.2) is 4.90 Å². The third-order valence-electron chi connectivity index (χ3n) is 5.72. The molecule has 0 aliphatic carbocycles. The lowest BCUT2D eigenvalue weighted by Gasteiger charge is -2.40. The summed E-state index contributed by atoms with van der Waals surface area (Å²) < 4.78 is 49.5.